The molecule has 0 aromatic carbocycles. The molecular formula is C16H24N4. The van der Waals surface area contributed by atoms with Gasteiger partial charge in [0.15, 0.2) is 0 Å². The molecule has 4 heteroatoms. The summed E-state index contributed by atoms with van der Waals surface area (Å²) in [7, 11) is 0. The zero-order valence-corrected chi connectivity index (χ0v) is 12.6. The lowest BCUT2D eigenvalue weighted by Crippen LogP contribution is -2.41. The maximum absolute atomic E-state index is 4.88. The van der Waals surface area contributed by atoms with Gasteiger partial charge in [-0.15, -0.1) is 0 Å². The van der Waals surface area contributed by atoms with Crippen molar-refractivity contribution in [1.29, 1.82) is 0 Å². The number of piperidine rings is 1. The Morgan fingerprint density at radius 1 is 1.25 bits per heavy atom. The fourth-order valence-corrected chi connectivity index (χ4v) is 3.42. The van der Waals surface area contributed by atoms with E-state index in [0.717, 1.165) is 42.5 Å². The maximum Gasteiger partial charge on any atom is 0.132 e. The second-order valence-electron chi connectivity index (χ2n) is 6.19. The highest BCUT2D eigenvalue weighted by Crippen LogP contribution is 2.29. The van der Waals surface area contributed by atoms with Crippen LogP contribution in [0.2, 0.25) is 0 Å². The largest absolute Gasteiger partial charge is 0.358 e. The number of fused-ring (bicyclic) bond motifs is 1. The van der Waals surface area contributed by atoms with Crippen LogP contribution in [0.5, 0.6) is 0 Å². The summed E-state index contributed by atoms with van der Waals surface area (Å²) in [6.45, 7) is 6.71. The average molecular weight is 272 g/mol. The summed E-state index contributed by atoms with van der Waals surface area (Å²) in [4.78, 5) is 12.8. The van der Waals surface area contributed by atoms with Crippen LogP contribution in [0.3, 0.4) is 0 Å². The molecule has 3 heterocycles. The summed E-state index contributed by atoms with van der Waals surface area (Å²) in [5.41, 5.74) is 3.50. The van der Waals surface area contributed by atoms with Crippen molar-refractivity contribution in [3.05, 3.63) is 23.8 Å². The van der Waals surface area contributed by atoms with Crippen LogP contribution in [-0.2, 0) is 6.42 Å². The van der Waals surface area contributed by atoms with E-state index in [1.165, 1.54) is 5.56 Å². The van der Waals surface area contributed by atoms with Crippen LogP contribution in [0.15, 0.2) is 12.4 Å². The number of aromatic amines is 1. The SMILES string of the molecule is CCCc1c[nH]c2cnc(C3CC(C)NC(C)C3)nc12. The molecule has 3 rings (SSSR count). The van der Waals surface area contributed by atoms with Crippen LogP contribution in [0, 0.1) is 0 Å². The molecule has 4 nitrogen and oxygen atoms in total. The van der Waals surface area contributed by atoms with Crippen molar-refractivity contribution in [2.45, 2.75) is 64.5 Å². The molecule has 1 saturated heterocycles. The Bertz CT molecular complexity index is 579. The van der Waals surface area contributed by atoms with Crippen LogP contribution < -0.4 is 5.32 Å². The number of aryl methyl sites for hydroxylation is 1. The monoisotopic (exact) mass is 272 g/mol. The first-order valence-electron chi connectivity index (χ1n) is 7.76. The lowest BCUT2D eigenvalue weighted by molar-refractivity contribution is 0.310. The smallest absolute Gasteiger partial charge is 0.132 e. The van der Waals surface area contributed by atoms with Gasteiger partial charge in [0.1, 0.15) is 5.82 Å². The summed E-state index contributed by atoms with van der Waals surface area (Å²) < 4.78 is 0. The van der Waals surface area contributed by atoms with Crippen LogP contribution in [0.1, 0.15) is 57.3 Å². The van der Waals surface area contributed by atoms with Gasteiger partial charge in [-0.25, -0.2) is 9.97 Å². The summed E-state index contributed by atoms with van der Waals surface area (Å²) in [5.74, 6) is 1.50. The van der Waals surface area contributed by atoms with Gasteiger partial charge in [0.2, 0.25) is 0 Å². The molecule has 2 aromatic rings. The number of aromatic nitrogens is 3. The van der Waals surface area contributed by atoms with E-state index in [2.05, 4.69) is 42.3 Å². The van der Waals surface area contributed by atoms with Gasteiger partial charge in [-0.1, -0.05) is 13.3 Å². The van der Waals surface area contributed by atoms with E-state index in [-0.39, 0.29) is 0 Å². The van der Waals surface area contributed by atoms with Gasteiger partial charge in [-0.2, -0.15) is 0 Å². The normalized spacial score (nSPS) is 27.1. The summed E-state index contributed by atoms with van der Waals surface area (Å²) in [6, 6.07) is 1.09. The summed E-state index contributed by atoms with van der Waals surface area (Å²) in [6.07, 6.45) is 8.52. The highest BCUT2D eigenvalue weighted by atomic mass is 15.0. The fourth-order valence-electron chi connectivity index (χ4n) is 3.42. The Hall–Kier alpha value is -1.42. The number of hydrogen-bond donors (Lipinski definition) is 2. The number of H-pyrrole nitrogens is 1. The van der Waals surface area contributed by atoms with Gasteiger partial charge in [-0.05, 0) is 38.7 Å². The Balaban J connectivity index is 1.93. The Morgan fingerprint density at radius 2 is 2.00 bits per heavy atom. The lowest BCUT2D eigenvalue weighted by Gasteiger charge is -2.32. The van der Waals surface area contributed by atoms with Crippen molar-refractivity contribution in [3.63, 3.8) is 0 Å². The van der Waals surface area contributed by atoms with Gasteiger partial charge >= 0.3 is 0 Å². The minimum absolute atomic E-state index is 0.482. The van der Waals surface area contributed by atoms with Gasteiger partial charge in [0.05, 0.1) is 17.2 Å². The summed E-state index contributed by atoms with van der Waals surface area (Å²) in [5, 5.41) is 3.58. The Labute approximate surface area is 120 Å². The topological polar surface area (TPSA) is 53.6 Å². The first-order chi connectivity index (χ1) is 9.67. The van der Waals surface area contributed by atoms with Crippen LogP contribution in [0.25, 0.3) is 11.0 Å². The van der Waals surface area contributed by atoms with E-state index in [4.69, 9.17) is 4.98 Å². The van der Waals surface area contributed by atoms with Crippen LogP contribution in [0.4, 0.5) is 0 Å². The molecule has 0 bridgehead atoms. The zero-order chi connectivity index (χ0) is 14.1. The maximum atomic E-state index is 4.88. The van der Waals surface area contributed by atoms with Gasteiger partial charge < -0.3 is 10.3 Å². The minimum atomic E-state index is 0.482. The second kappa shape index (κ2) is 5.52. The van der Waals surface area contributed by atoms with Gasteiger partial charge in [-0.3, -0.25) is 0 Å². The Kier molecular flexibility index (Phi) is 3.74. The van der Waals surface area contributed by atoms with E-state index in [9.17, 15) is 0 Å². The third kappa shape index (κ3) is 2.57. The molecule has 2 unspecified atom stereocenters. The molecule has 0 saturated carbocycles. The minimum Gasteiger partial charge on any atom is -0.358 e. The lowest BCUT2D eigenvalue weighted by atomic mass is 9.88. The Morgan fingerprint density at radius 3 is 2.70 bits per heavy atom. The van der Waals surface area contributed by atoms with E-state index >= 15 is 0 Å². The van der Waals surface area contributed by atoms with Crippen molar-refractivity contribution >= 4 is 11.0 Å². The number of rotatable bonds is 3. The van der Waals surface area contributed by atoms with Crippen LogP contribution in [-0.4, -0.2) is 27.0 Å². The first kappa shape index (κ1) is 13.6. The first-order valence-corrected chi connectivity index (χ1v) is 7.76. The molecule has 108 valence electrons. The van der Waals surface area contributed by atoms with Crippen molar-refractivity contribution in [1.82, 2.24) is 20.3 Å². The highest BCUT2D eigenvalue weighted by Gasteiger charge is 2.26. The van der Waals surface area contributed by atoms with E-state index in [0.29, 0.717) is 18.0 Å². The number of hydrogen-bond acceptors (Lipinski definition) is 3. The molecule has 0 amide bonds. The van der Waals surface area contributed by atoms with Crippen molar-refractivity contribution < 1.29 is 0 Å². The van der Waals surface area contributed by atoms with Gasteiger partial charge in [0.25, 0.3) is 0 Å². The van der Waals surface area contributed by atoms with E-state index in [1.54, 1.807) is 0 Å². The molecular weight excluding hydrogens is 248 g/mol. The molecule has 0 spiro atoms. The quantitative estimate of drug-likeness (QED) is 0.902. The van der Waals surface area contributed by atoms with E-state index in [1.807, 2.05) is 6.20 Å². The predicted octanol–water partition coefficient (Wildman–Crippen LogP) is 3.15. The van der Waals surface area contributed by atoms with Crippen molar-refractivity contribution in [2.24, 2.45) is 0 Å². The van der Waals surface area contributed by atoms with Gasteiger partial charge in [0, 0.05) is 24.2 Å². The predicted molar refractivity (Wildman–Crippen MR) is 81.9 cm³/mol. The third-order valence-electron chi connectivity index (χ3n) is 4.24. The number of nitrogens with zero attached hydrogens (tertiary/aromatic N) is 2. The molecule has 1 aliphatic heterocycles. The summed E-state index contributed by atoms with van der Waals surface area (Å²) >= 11 is 0. The van der Waals surface area contributed by atoms with Crippen molar-refractivity contribution in [2.75, 3.05) is 0 Å². The fraction of sp³-hybridized carbons (Fsp3) is 0.625. The molecule has 1 fully saturated rings. The standard InChI is InChI=1S/C16H24N4/c1-4-5-12-8-17-14-9-18-16(20-15(12)14)13-6-10(2)19-11(3)7-13/h8-11,13,17,19H,4-7H2,1-3H3. The molecule has 0 aliphatic carbocycles. The van der Waals surface area contributed by atoms with Crippen LogP contribution >= 0.6 is 0 Å². The molecule has 2 atom stereocenters. The zero-order valence-electron chi connectivity index (χ0n) is 12.6. The second-order valence-corrected chi connectivity index (χ2v) is 6.19. The van der Waals surface area contributed by atoms with Crippen molar-refractivity contribution in [3.8, 4) is 0 Å². The van der Waals surface area contributed by atoms with E-state index < -0.39 is 0 Å². The molecule has 2 aromatic heterocycles. The molecule has 1 aliphatic rings. The molecule has 0 radical (unpaired) electrons. The third-order valence-corrected chi connectivity index (χ3v) is 4.24. The number of nitrogens with one attached hydrogen (secondary N) is 2. The molecule has 2 N–H and O–H groups in total. The average Bonchev–Trinajstić information content (AvgIpc) is 2.81. The molecule has 20 heavy (non-hydrogen) atoms. The highest BCUT2D eigenvalue weighted by molar-refractivity contribution is 5.78.